The van der Waals surface area contributed by atoms with E-state index in [2.05, 4.69) is 5.10 Å². The Balaban J connectivity index is 2.50. The molecule has 0 amide bonds. The Morgan fingerprint density at radius 1 is 1.21 bits per heavy atom. The topological polar surface area (TPSA) is 61.2 Å². The third-order valence-electron chi connectivity index (χ3n) is 3.37. The number of rotatable bonds is 3. The van der Waals surface area contributed by atoms with Gasteiger partial charge in [0.1, 0.15) is 5.56 Å². The molecule has 1 aromatic heterocycles. The lowest BCUT2D eigenvalue weighted by Crippen LogP contribution is -2.27. The van der Waals surface area contributed by atoms with E-state index in [0.717, 1.165) is 0 Å². The van der Waals surface area contributed by atoms with Gasteiger partial charge < -0.3 is 4.74 Å². The first-order valence-corrected chi connectivity index (χ1v) is 8.03. The molecule has 5 nitrogen and oxygen atoms in total. The standard InChI is InChI=1S/C17H18Cl2N2O3/c1-9-13(14(22)11-7-6-10(18)8-12(11)19)15(21(5)20-9)24-16(23)17(2,3)4/h6-8H,1-5H3. The Bertz CT molecular complexity index is 820. The summed E-state index contributed by atoms with van der Waals surface area (Å²) in [4.78, 5) is 25.1. The molecule has 0 aliphatic rings. The minimum atomic E-state index is -0.712. The number of halogens is 2. The van der Waals surface area contributed by atoms with Gasteiger partial charge in [0.15, 0.2) is 0 Å². The highest BCUT2D eigenvalue weighted by Crippen LogP contribution is 2.30. The van der Waals surface area contributed by atoms with Gasteiger partial charge in [0.2, 0.25) is 11.7 Å². The number of hydrogen-bond acceptors (Lipinski definition) is 4. The lowest BCUT2D eigenvalue weighted by molar-refractivity contribution is -0.143. The van der Waals surface area contributed by atoms with E-state index in [1.807, 2.05) is 0 Å². The number of ether oxygens (including phenoxy) is 1. The van der Waals surface area contributed by atoms with Crippen LogP contribution in [0.5, 0.6) is 5.88 Å². The lowest BCUT2D eigenvalue weighted by atomic mass is 9.97. The van der Waals surface area contributed by atoms with E-state index in [9.17, 15) is 9.59 Å². The van der Waals surface area contributed by atoms with Crippen LogP contribution in [0.3, 0.4) is 0 Å². The highest BCUT2D eigenvalue weighted by Gasteiger charge is 2.30. The van der Waals surface area contributed by atoms with Gasteiger partial charge in [-0.25, -0.2) is 4.68 Å². The van der Waals surface area contributed by atoms with E-state index >= 15 is 0 Å². The molecule has 0 spiro atoms. The second-order valence-electron chi connectivity index (χ2n) is 6.48. The Labute approximate surface area is 150 Å². The highest BCUT2D eigenvalue weighted by molar-refractivity contribution is 6.37. The number of carbonyl (C=O) groups is 2. The fourth-order valence-electron chi connectivity index (χ4n) is 2.06. The lowest BCUT2D eigenvalue weighted by Gasteiger charge is -2.17. The monoisotopic (exact) mass is 368 g/mol. The number of carbonyl (C=O) groups excluding carboxylic acids is 2. The molecule has 0 N–H and O–H groups in total. The number of nitrogens with zero attached hydrogens (tertiary/aromatic N) is 2. The van der Waals surface area contributed by atoms with Crippen LogP contribution in [0.4, 0.5) is 0 Å². The van der Waals surface area contributed by atoms with E-state index in [4.69, 9.17) is 27.9 Å². The summed E-state index contributed by atoms with van der Waals surface area (Å²) in [5, 5.41) is 4.84. The maximum atomic E-state index is 12.9. The van der Waals surface area contributed by atoms with Crippen molar-refractivity contribution in [2.75, 3.05) is 0 Å². The molecule has 0 radical (unpaired) electrons. The predicted octanol–water partition coefficient (Wildman–Crippen LogP) is 4.22. The Kier molecular flexibility index (Phi) is 5.06. The Morgan fingerprint density at radius 2 is 1.83 bits per heavy atom. The van der Waals surface area contributed by atoms with Gasteiger partial charge in [0.05, 0.1) is 16.1 Å². The van der Waals surface area contributed by atoms with Crippen LogP contribution in [0.15, 0.2) is 18.2 Å². The van der Waals surface area contributed by atoms with E-state index in [1.54, 1.807) is 40.8 Å². The van der Waals surface area contributed by atoms with Gasteiger partial charge in [-0.15, -0.1) is 0 Å². The molecule has 0 saturated heterocycles. The maximum absolute atomic E-state index is 12.9. The summed E-state index contributed by atoms with van der Waals surface area (Å²) >= 11 is 12.0. The summed E-state index contributed by atoms with van der Waals surface area (Å²) in [6, 6.07) is 4.60. The summed E-state index contributed by atoms with van der Waals surface area (Å²) < 4.78 is 6.81. The fourth-order valence-corrected chi connectivity index (χ4v) is 2.56. The van der Waals surface area contributed by atoms with Gasteiger partial charge in [0, 0.05) is 17.6 Å². The van der Waals surface area contributed by atoms with Crippen LogP contribution in [-0.4, -0.2) is 21.5 Å². The molecule has 1 aromatic carbocycles. The number of esters is 1. The van der Waals surface area contributed by atoms with E-state index < -0.39 is 11.4 Å². The molecular weight excluding hydrogens is 351 g/mol. The third kappa shape index (κ3) is 3.62. The van der Waals surface area contributed by atoms with Crippen molar-refractivity contribution in [2.24, 2.45) is 12.5 Å². The largest absolute Gasteiger partial charge is 0.407 e. The van der Waals surface area contributed by atoms with Crippen molar-refractivity contribution in [3.63, 3.8) is 0 Å². The average molecular weight is 369 g/mol. The van der Waals surface area contributed by atoms with E-state index in [1.165, 1.54) is 16.8 Å². The summed E-state index contributed by atoms with van der Waals surface area (Å²) in [5.41, 5.74) is 0.214. The number of aryl methyl sites for hydroxylation is 2. The molecule has 0 fully saturated rings. The van der Waals surface area contributed by atoms with Gasteiger partial charge in [-0.2, -0.15) is 5.10 Å². The summed E-state index contributed by atoms with van der Waals surface area (Å²) in [7, 11) is 1.61. The summed E-state index contributed by atoms with van der Waals surface area (Å²) in [6.07, 6.45) is 0. The second-order valence-corrected chi connectivity index (χ2v) is 7.33. The molecule has 0 unspecified atom stereocenters. The molecular formula is C17H18Cl2N2O3. The minimum absolute atomic E-state index is 0.100. The van der Waals surface area contributed by atoms with E-state index in [0.29, 0.717) is 10.7 Å². The van der Waals surface area contributed by atoms with Crippen LogP contribution in [-0.2, 0) is 11.8 Å². The van der Waals surface area contributed by atoms with Crippen molar-refractivity contribution < 1.29 is 14.3 Å². The first-order valence-electron chi connectivity index (χ1n) is 7.28. The zero-order chi connectivity index (χ0) is 18.2. The number of aromatic nitrogens is 2. The Morgan fingerprint density at radius 3 is 2.38 bits per heavy atom. The molecule has 0 aliphatic heterocycles. The third-order valence-corrected chi connectivity index (χ3v) is 3.92. The summed E-state index contributed by atoms with van der Waals surface area (Å²) in [6.45, 7) is 6.87. The molecule has 128 valence electrons. The van der Waals surface area contributed by atoms with Crippen LogP contribution in [0.1, 0.15) is 42.4 Å². The second kappa shape index (κ2) is 6.57. The number of hydrogen-bond donors (Lipinski definition) is 0. The van der Waals surface area contributed by atoms with Crippen molar-refractivity contribution in [1.29, 1.82) is 0 Å². The van der Waals surface area contributed by atoms with Gasteiger partial charge in [-0.3, -0.25) is 9.59 Å². The van der Waals surface area contributed by atoms with Crippen LogP contribution < -0.4 is 4.74 Å². The highest BCUT2D eigenvalue weighted by atomic mass is 35.5. The predicted molar refractivity (Wildman–Crippen MR) is 92.9 cm³/mol. The van der Waals surface area contributed by atoms with Crippen molar-refractivity contribution in [1.82, 2.24) is 9.78 Å². The normalized spacial score (nSPS) is 11.5. The first kappa shape index (κ1) is 18.5. The fraction of sp³-hybridized carbons (Fsp3) is 0.353. The van der Waals surface area contributed by atoms with Gasteiger partial charge in [-0.1, -0.05) is 23.2 Å². The van der Waals surface area contributed by atoms with Gasteiger partial charge in [-0.05, 0) is 45.9 Å². The molecule has 0 atom stereocenters. The van der Waals surface area contributed by atoms with Crippen molar-refractivity contribution in [3.05, 3.63) is 45.1 Å². The molecule has 2 rings (SSSR count). The molecule has 0 bridgehead atoms. The van der Waals surface area contributed by atoms with Crippen LogP contribution in [0, 0.1) is 12.3 Å². The molecule has 2 aromatic rings. The minimum Gasteiger partial charge on any atom is -0.407 e. The van der Waals surface area contributed by atoms with Crippen LogP contribution in [0.25, 0.3) is 0 Å². The van der Waals surface area contributed by atoms with Gasteiger partial charge in [0.25, 0.3) is 0 Å². The summed E-state index contributed by atoms with van der Waals surface area (Å²) in [5.74, 6) is -0.732. The Hall–Kier alpha value is -1.85. The van der Waals surface area contributed by atoms with Gasteiger partial charge >= 0.3 is 5.97 Å². The quantitative estimate of drug-likeness (QED) is 0.600. The zero-order valence-corrected chi connectivity index (χ0v) is 15.6. The molecule has 24 heavy (non-hydrogen) atoms. The van der Waals surface area contributed by atoms with E-state index in [-0.39, 0.29) is 27.8 Å². The maximum Gasteiger partial charge on any atom is 0.317 e. The molecule has 0 aliphatic carbocycles. The van der Waals surface area contributed by atoms with Crippen LogP contribution in [0.2, 0.25) is 10.0 Å². The van der Waals surface area contributed by atoms with Crippen molar-refractivity contribution in [2.45, 2.75) is 27.7 Å². The number of ketones is 1. The van der Waals surface area contributed by atoms with Crippen molar-refractivity contribution in [3.8, 4) is 5.88 Å². The number of benzene rings is 1. The van der Waals surface area contributed by atoms with Crippen molar-refractivity contribution >= 4 is 35.0 Å². The smallest absolute Gasteiger partial charge is 0.317 e. The molecule has 7 heteroatoms. The zero-order valence-electron chi connectivity index (χ0n) is 14.1. The molecule has 0 saturated carbocycles. The average Bonchev–Trinajstić information content (AvgIpc) is 2.71. The van der Waals surface area contributed by atoms with Crippen LogP contribution >= 0.6 is 23.2 Å². The first-order chi connectivity index (χ1) is 11.0. The molecule has 1 heterocycles. The SMILES string of the molecule is Cc1nn(C)c(OC(=O)C(C)(C)C)c1C(=O)c1ccc(Cl)cc1Cl.